The number of nitrogen functional groups attached to an aromatic ring is 1. The van der Waals surface area contributed by atoms with Crippen molar-refractivity contribution in [2.24, 2.45) is 5.92 Å². The molecule has 1 fully saturated rings. The lowest BCUT2D eigenvalue weighted by atomic mass is 9.81. The van der Waals surface area contributed by atoms with Gasteiger partial charge in [0.1, 0.15) is 0 Å². The van der Waals surface area contributed by atoms with Gasteiger partial charge in [-0.25, -0.2) is 0 Å². The second-order valence-electron chi connectivity index (χ2n) is 5.45. The maximum Gasteiger partial charge on any atom is 0.416 e. The molecule has 112 valence electrons. The summed E-state index contributed by atoms with van der Waals surface area (Å²) in [5, 5.41) is 3.92. The van der Waals surface area contributed by atoms with Gasteiger partial charge in [-0.3, -0.25) is 0 Å². The van der Waals surface area contributed by atoms with Crippen molar-refractivity contribution in [2.45, 2.75) is 31.9 Å². The van der Waals surface area contributed by atoms with E-state index in [9.17, 15) is 13.2 Å². The van der Waals surface area contributed by atoms with Gasteiger partial charge < -0.3 is 10.3 Å². The van der Waals surface area contributed by atoms with E-state index >= 15 is 0 Å². The van der Waals surface area contributed by atoms with E-state index in [1.165, 1.54) is 12.5 Å². The molecular formula is C15H15F3N2O. The minimum Gasteiger partial charge on any atom is -0.367 e. The number of hydrogen-bond donors (Lipinski definition) is 1. The van der Waals surface area contributed by atoms with Crippen LogP contribution >= 0.6 is 0 Å². The number of halogens is 3. The maximum absolute atomic E-state index is 12.8. The average Bonchev–Trinajstić information content (AvgIpc) is 2.74. The summed E-state index contributed by atoms with van der Waals surface area (Å²) >= 11 is 0. The number of nitrogens with two attached hydrogens (primary N) is 1. The maximum atomic E-state index is 12.8. The van der Waals surface area contributed by atoms with Gasteiger partial charge in [-0.2, -0.15) is 13.2 Å². The van der Waals surface area contributed by atoms with Crippen LogP contribution in [-0.4, -0.2) is 5.16 Å². The molecule has 3 rings (SSSR count). The standard InChI is InChI=1S/C15H15F3N2O/c16-15(17,18)11-6-2-5-10(8-11)13-12(20-21-14(13)19)7-9-3-1-4-9/h2,5-6,8-9H,1,3-4,7,19H2. The average molecular weight is 296 g/mol. The second kappa shape index (κ2) is 5.09. The molecule has 0 spiro atoms. The zero-order valence-electron chi connectivity index (χ0n) is 11.3. The summed E-state index contributed by atoms with van der Waals surface area (Å²) in [6, 6.07) is 5.10. The number of aromatic nitrogens is 1. The van der Waals surface area contributed by atoms with Gasteiger partial charge in [-0.15, -0.1) is 0 Å². The fraction of sp³-hybridized carbons (Fsp3) is 0.400. The van der Waals surface area contributed by atoms with E-state index in [0.29, 0.717) is 29.2 Å². The predicted octanol–water partition coefficient (Wildman–Crippen LogP) is 4.29. The Morgan fingerprint density at radius 1 is 1.29 bits per heavy atom. The molecule has 0 atom stereocenters. The first-order valence-electron chi connectivity index (χ1n) is 6.87. The lowest BCUT2D eigenvalue weighted by molar-refractivity contribution is -0.137. The van der Waals surface area contributed by atoms with Crippen molar-refractivity contribution in [3.63, 3.8) is 0 Å². The molecule has 0 unspecified atom stereocenters. The zero-order chi connectivity index (χ0) is 15.0. The number of benzene rings is 1. The van der Waals surface area contributed by atoms with Crippen LogP contribution in [0.15, 0.2) is 28.8 Å². The van der Waals surface area contributed by atoms with Crippen LogP contribution in [-0.2, 0) is 12.6 Å². The second-order valence-corrected chi connectivity index (χ2v) is 5.45. The number of nitrogens with zero attached hydrogens (tertiary/aromatic N) is 1. The molecule has 1 aromatic heterocycles. The van der Waals surface area contributed by atoms with Crippen LogP contribution in [0.5, 0.6) is 0 Å². The molecule has 0 radical (unpaired) electrons. The molecule has 0 amide bonds. The molecular weight excluding hydrogens is 281 g/mol. The molecule has 1 heterocycles. The summed E-state index contributed by atoms with van der Waals surface area (Å²) in [5.74, 6) is 0.600. The van der Waals surface area contributed by atoms with Gasteiger partial charge in [0.25, 0.3) is 0 Å². The fourth-order valence-corrected chi connectivity index (χ4v) is 2.61. The number of hydrogen-bond acceptors (Lipinski definition) is 3. The van der Waals surface area contributed by atoms with Gasteiger partial charge in [-0.05, 0) is 30.0 Å². The SMILES string of the molecule is Nc1onc(CC2CCC2)c1-c1cccc(C(F)(F)F)c1. The largest absolute Gasteiger partial charge is 0.416 e. The van der Waals surface area contributed by atoms with Crippen molar-refractivity contribution >= 4 is 5.88 Å². The third kappa shape index (κ3) is 2.75. The lowest BCUT2D eigenvalue weighted by Gasteiger charge is -2.24. The Bertz CT molecular complexity index is 645. The lowest BCUT2D eigenvalue weighted by Crippen LogP contribution is -2.14. The van der Waals surface area contributed by atoms with Gasteiger partial charge in [-0.1, -0.05) is 36.6 Å². The van der Waals surface area contributed by atoms with Crippen molar-refractivity contribution in [3.8, 4) is 11.1 Å². The van der Waals surface area contributed by atoms with E-state index in [1.54, 1.807) is 6.07 Å². The van der Waals surface area contributed by atoms with E-state index in [2.05, 4.69) is 5.16 Å². The molecule has 3 nitrogen and oxygen atoms in total. The molecule has 0 bridgehead atoms. The van der Waals surface area contributed by atoms with Crippen LogP contribution in [0, 0.1) is 5.92 Å². The Balaban J connectivity index is 1.97. The quantitative estimate of drug-likeness (QED) is 0.919. The molecule has 2 N–H and O–H groups in total. The molecule has 1 aliphatic carbocycles. The van der Waals surface area contributed by atoms with Crippen LogP contribution in [0.4, 0.5) is 19.1 Å². The van der Waals surface area contributed by atoms with Gasteiger partial charge in [0.05, 0.1) is 16.8 Å². The molecule has 2 aromatic rings. The van der Waals surface area contributed by atoms with Crippen molar-refractivity contribution in [1.82, 2.24) is 5.16 Å². The van der Waals surface area contributed by atoms with Crippen LogP contribution < -0.4 is 5.73 Å². The first kappa shape index (κ1) is 14.0. The summed E-state index contributed by atoms with van der Waals surface area (Å²) in [6.45, 7) is 0. The molecule has 0 aliphatic heterocycles. The topological polar surface area (TPSA) is 52.0 Å². The zero-order valence-corrected chi connectivity index (χ0v) is 11.3. The Morgan fingerprint density at radius 2 is 2.05 bits per heavy atom. The Hall–Kier alpha value is -1.98. The summed E-state index contributed by atoms with van der Waals surface area (Å²) in [7, 11) is 0. The van der Waals surface area contributed by atoms with E-state index in [0.717, 1.165) is 25.0 Å². The molecule has 6 heteroatoms. The summed E-state index contributed by atoms with van der Waals surface area (Å²) < 4.78 is 43.4. The highest BCUT2D eigenvalue weighted by Crippen LogP contribution is 2.38. The van der Waals surface area contributed by atoms with E-state index in [4.69, 9.17) is 10.3 Å². The fourth-order valence-electron chi connectivity index (χ4n) is 2.61. The third-order valence-corrected chi connectivity index (χ3v) is 3.97. The van der Waals surface area contributed by atoms with Crippen LogP contribution in [0.2, 0.25) is 0 Å². The normalized spacial score (nSPS) is 16.0. The highest BCUT2D eigenvalue weighted by atomic mass is 19.4. The molecule has 1 aliphatic rings. The number of alkyl halides is 3. The minimum absolute atomic E-state index is 0.0728. The number of rotatable bonds is 3. The monoisotopic (exact) mass is 296 g/mol. The minimum atomic E-state index is -4.38. The summed E-state index contributed by atoms with van der Waals surface area (Å²) in [6.07, 6.45) is -0.247. The van der Waals surface area contributed by atoms with Crippen LogP contribution in [0.25, 0.3) is 11.1 Å². The van der Waals surface area contributed by atoms with Crippen molar-refractivity contribution in [1.29, 1.82) is 0 Å². The van der Waals surface area contributed by atoms with Crippen molar-refractivity contribution < 1.29 is 17.7 Å². The van der Waals surface area contributed by atoms with E-state index in [1.807, 2.05) is 0 Å². The van der Waals surface area contributed by atoms with E-state index < -0.39 is 11.7 Å². The summed E-state index contributed by atoms with van der Waals surface area (Å²) in [4.78, 5) is 0. The van der Waals surface area contributed by atoms with E-state index in [-0.39, 0.29) is 5.88 Å². The van der Waals surface area contributed by atoms with Gasteiger partial charge in [0.2, 0.25) is 5.88 Å². The third-order valence-electron chi connectivity index (χ3n) is 3.97. The highest BCUT2D eigenvalue weighted by molar-refractivity contribution is 5.75. The van der Waals surface area contributed by atoms with Gasteiger partial charge >= 0.3 is 6.18 Å². The molecule has 0 saturated heterocycles. The molecule has 1 aromatic carbocycles. The first-order chi connectivity index (χ1) is 9.95. The Labute approximate surface area is 119 Å². The highest BCUT2D eigenvalue weighted by Gasteiger charge is 2.31. The number of anilines is 1. The Kier molecular flexibility index (Phi) is 3.39. The smallest absolute Gasteiger partial charge is 0.367 e. The van der Waals surface area contributed by atoms with Crippen LogP contribution in [0.1, 0.15) is 30.5 Å². The Morgan fingerprint density at radius 3 is 2.67 bits per heavy atom. The predicted molar refractivity (Wildman–Crippen MR) is 72.4 cm³/mol. The van der Waals surface area contributed by atoms with Gasteiger partial charge in [0, 0.05) is 0 Å². The van der Waals surface area contributed by atoms with Crippen molar-refractivity contribution in [2.75, 3.05) is 5.73 Å². The summed E-state index contributed by atoms with van der Waals surface area (Å²) in [5.41, 5.74) is 6.60. The van der Waals surface area contributed by atoms with Crippen LogP contribution in [0.3, 0.4) is 0 Å². The molecule has 1 saturated carbocycles. The first-order valence-corrected chi connectivity index (χ1v) is 6.87. The van der Waals surface area contributed by atoms with Crippen molar-refractivity contribution in [3.05, 3.63) is 35.5 Å². The molecule has 21 heavy (non-hydrogen) atoms. The van der Waals surface area contributed by atoms with Gasteiger partial charge in [0.15, 0.2) is 0 Å².